The van der Waals surface area contributed by atoms with Crippen LogP contribution >= 0.6 is 15.9 Å². The Morgan fingerprint density at radius 1 is 1.05 bits per heavy atom. The van der Waals surface area contributed by atoms with Gasteiger partial charge in [0, 0.05) is 10.4 Å². The monoisotopic (exact) mass is 352 g/mol. The molecule has 1 unspecified atom stereocenters. The van der Waals surface area contributed by atoms with Gasteiger partial charge < -0.3 is 9.47 Å². The Kier molecular flexibility index (Phi) is 5.23. The van der Waals surface area contributed by atoms with Gasteiger partial charge in [0.2, 0.25) is 0 Å². The number of rotatable bonds is 5. The summed E-state index contributed by atoms with van der Waals surface area (Å²) in [5.74, 6) is 1.18. The van der Waals surface area contributed by atoms with Gasteiger partial charge in [0.25, 0.3) is 0 Å². The normalized spacial score (nSPS) is 12.0. The predicted octanol–water partition coefficient (Wildman–Crippen LogP) is 4.83. The molecule has 2 aromatic rings. The Bertz CT molecular complexity index is 628. The first-order valence-corrected chi connectivity index (χ1v) is 7.57. The Morgan fingerprint density at radius 3 is 2.43 bits per heavy atom. The van der Waals surface area contributed by atoms with Gasteiger partial charge in [0.05, 0.1) is 14.2 Å². The average Bonchev–Trinajstić information content (AvgIpc) is 2.49. The molecule has 0 aliphatic heterocycles. The zero-order valence-electron chi connectivity index (χ0n) is 12.3. The lowest BCUT2D eigenvalue weighted by Gasteiger charge is -2.14. The molecule has 0 fully saturated rings. The van der Waals surface area contributed by atoms with E-state index >= 15 is 0 Å². The highest BCUT2D eigenvalue weighted by atomic mass is 79.9. The molecule has 1 atom stereocenters. The van der Waals surface area contributed by atoms with Crippen molar-refractivity contribution in [1.29, 1.82) is 0 Å². The van der Waals surface area contributed by atoms with Crippen LogP contribution < -0.4 is 9.47 Å². The van der Waals surface area contributed by atoms with E-state index in [-0.39, 0.29) is 10.6 Å². The Hall–Kier alpha value is -1.55. The average molecular weight is 353 g/mol. The molecule has 0 amide bonds. The largest absolute Gasteiger partial charge is 0.493 e. The zero-order valence-corrected chi connectivity index (χ0v) is 13.9. The number of hydrogen-bond acceptors (Lipinski definition) is 2. The molecule has 0 spiro atoms. The summed E-state index contributed by atoms with van der Waals surface area (Å²) in [5.41, 5.74) is 2.77. The molecule has 2 rings (SSSR count). The maximum atomic E-state index is 13.9. The molecule has 2 aromatic carbocycles. The van der Waals surface area contributed by atoms with Crippen molar-refractivity contribution in [2.24, 2.45) is 0 Å². The van der Waals surface area contributed by atoms with Gasteiger partial charge in [0.15, 0.2) is 11.5 Å². The standard InChI is InChI=1S/C17H18BrFO2/c1-11-4-6-15(19)13(8-11)14(18)9-12-5-7-16(20-2)17(10-12)21-3/h4-8,10,14H,9H2,1-3H3. The lowest BCUT2D eigenvalue weighted by molar-refractivity contribution is 0.354. The molecule has 0 aliphatic carbocycles. The number of ether oxygens (including phenoxy) is 2. The van der Waals surface area contributed by atoms with Crippen molar-refractivity contribution in [3.63, 3.8) is 0 Å². The number of halogens is 2. The quantitative estimate of drug-likeness (QED) is 0.717. The Morgan fingerprint density at radius 2 is 1.76 bits per heavy atom. The predicted molar refractivity (Wildman–Crippen MR) is 86.1 cm³/mol. The van der Waals surface area contributed by atoms with E-state index in [4.69, 9.17) is 9.47 Å². The van der Waals surface area contributed by atoms with Crippen LogP contribution in [0.1, 0.15) is 21.5 Å². The lowest BCUT2D eigenvalue weighted by Crippen LogP contribution is -2.00. The third kappa shape index (κ3) is 3.76. The highest BCUT2D eigenvalue weighted by molar-refractivity contribution is 9.09. The van der Waals surface area contributed by atoms with E-state index in [1.807, 2.05) is 31.2 Å². The first kappa shape index (κ1) is 15.8. The number of benzene rings is 2. The van der Waals surface area contributed by atoms with Crippen LogP contribution in [0.3, 0.4) is 0 Å². The first-order valence-electron chi connectivity index (χ1n) is 6.66. The van der Waals surface area contributed by atoms with Crippen molar-refractivity contribution >= 4 is 15.9 Å². The van der Waals surface area contributed by atoms with Crippen molar-refractivity contribution in [2.45, 2.75) is 18.2 Å². The van der Waals surface area contributed by atoms with Gasteiger partial charge in [-0.05, 0) is 37.1 Å². The van der Waals surface area contributed by atoms with Crippen LogP contribution in [0.2, 0.25) is 0 Å². The second kappa shape index (κ2) is 6.94. The van der Waals surface area contributed by atoms with E-state index in [2.05, 4.69) is 15.9 Å². The van der Waals surface area contributed by atoms with E-state index < -0.39 is 0 Å². The molecule has 0 saturated heterocycles. The summed E-state index contributed by atoms with van der Waals surface area (Å²) in [5, 5.41) is 0. The van der Waals surface area contributed by atoms with Crippen LogP contribution in [-0.4, -0.2) is 14.2 Å². The molecule has 0 saturated carbocycles. The van der Waals surface area contributed by atoms with Crippen LogP contribution in [0.5, 0.6) is 11.5 Å². The summed E-state index contributed by atoms with van der Waals surface area (Å²) < 4.78 is 24.4. The van der Waals surface area contributed by atoms with Gasteiger partial charge in [-0.25, -0.2) is 4.39 Å². The summed E-state index contributed by atoms with van der Waals surface area (Å²) in [6.45, 7) is 1.96. The fraction of sp³-hybridized carbons (Fsp3) is 0.294. The molecular weight excluding hydrogens is 335 g/mol. The number of aryl methyl sites for hydroxylation is 1. The summed E-state index contributed by atoms with van der Waals surface area (Å²) in [7, 11) is 3.21. The number of alkyl halides is 1. The van der Waals surface area contributed by atoms with Gasteiger partial charge in [-0.2, -0.15) is 0 Å². The maximum absolute atomic E-state index is 13.9. The molecule has 0 aliphatic rings. The van der Waals surface area contributed by atoms with Crippen molar-refractivity contribution in [3.05, 3.63) is 58.9 Å². The Balaban J connectivity index is 2.23. The van der Waals surface area contributed by atoms with Gasteiger partial charge in [-0.3, -0.25) is 0 Å². The van der Waals surface area contributed by atoms with Gasteiger partial charge >= 0.3 is 0 Å². The molecule has 21 heavy (non-hydrogen) atoms. The highest BCUT2D eigenvalue weighted by Crippen LogP contribution is 2.33. The molecule has 2 nitrogen and oxygen atoms in total. The van der Waals surface area contributed by atoms with E-state index in [0.717, 1.165) is 11.1 Å². The Labute approximate surface area is 133 Å². The topological polar surface area (TPSA) is 18.5 Å². The third-order valence-corrected chi connectivity index (χ3v) is 4.17. The minimum absolute atomic E-state index is 0.0875. The van der Waals surface area contributed by atoms with Gasteiger partial charge in [0.1, 0.15) is 5.82 Å². The molecule has 4 heteroatoms. The minimum atomic E-state index is -0.192. The summed E-state index contributed by atoms with van der Waals surface area (Å²) >= 11 is 3.58. The molecule has 0 bridgehead atoms. The van der Waals surface area contributed by atoms with E-state index in [0.29, 0.717) is 23.5 Å². The molecule has 0 aromatic heterocycles. The summed E-state index contributed by atoms with van der Waals surface area (Å²) in [6, 6.07) is 10.9. The molecule has 0 N–H and O–H groups in total. The van der Waals surface area contributed by atoms with Crippen LogP contribution in [0.25, 0.3) is 0 Å². The molecule has 112 valence electrons. The van der Waals surface area contributed by atoms with E-state index in [1.54, 1.807) is 20.3 Å². The summed E-state index contributed by atoms with van der Waals surface area (Å²) in [6.07, 6.45) is 0.667. The minimum Gasteiger partial charge on any atom is -0.493 e. The number of methoxy groups -OCH3 is 2. The van der Waals surface area contributed by atoms with Crippen molar-refractivity contribution in [2.75, 3.05) is 14.2 Å². The van der Waals surface area contributed by atoms with Crippen LogP contribution in [-0.2, 0) is 6.42 Å². The van der Waals surface area contributed by atoms with Crippen LogP contribution in [0.15, 0.2) is 36.4 Å². The van der Waals surface area contributed by atoms with Crippen molar-refractivity contribution in [3.8, 4) is 11.5 Å². The second-order valence-corrected chi connectivity index (χ2v) is 5.99. The lowest BCUT2D eigenvalue weighted by atomic mass is 10.0. The van der Waals surface area contributed by atoms with Crippen molar-refractivity contribution < 1.29 is 13.9 Å². The molecular formula is C17H18BrFO2. The second-order valence-electron chi connectivity index (χ2n) is 4.89. The fourth-order valence-electron chi connectivity index (χ4n) is 2.23. The van der Waals surface area contributed by atoms with E-state index in [9.17, 15) is 4.39 Å². The maximum Gasteiger partial charge on any atom is 0.160 e. The van der Waals surface area contributed by atoms with Crippen molar-refractivity contribution in [1.82, 2.24) is 0 Å². The van der Waals surface area contributed by atoms with Gasteiger partial charge in [-0.15, -0.1) is 0 Å². The SMILES string of the molecule is COc1ccc(CC(Br)c2cc(C)ccc2F)cc1OC. The molecule has 0 heterocycles. The fourth-order valence-corrected chi connectivity index (χ4v) is 2.95. The highest BCUT2D eigenvalue weighted by Gasteiger charge is 2.15. The molecule has 0 radical (unpaired) electrons. The summed E-state index contributed by atoms with van der Waals surface area (Å²) in [4.78, 5) is -0.0875. The smallest absolute Gasteiger partial charge is 0.160 e. The first-order chi connectivity index (χ1) is 10.0. The van der Waals surface area contributed by atoms with Gasteiger partial charge in [-0.1, -0.05) is 39.7 Å². The third-order valence-electron chi connectivity index (χ3n) is 3.35. The van der Waals surface area contributed by atoms with Crippen LogP contribution in [0, 0.1) is 12.7 Å². The number of hydrogen-bond donors (Lipinski definition) is 0. The zero-order chi connectivity index (χ0) is 15.4. The van der Waals surface area contributed by atoms with E-state index in [1.165, 1.54) is 6.07 Å². The van der Waals surface area contributed by atoms with Crippen LogP contribution in [0.4, 0.5) is 4.39 Å².